The largest absolute Gasteiger partial charge is 0.310 e. The molecule has 47 heavy (non-hydrogen) atoms. The van der Waals surface area contributed by atoms with E-state index in [0.29, 0.717) is 5.92 Å². The van der Waals surface area contributed by atoms with E-state index in [0.717, 1.165) is 17.1 Å². The van der Waals surface area contributed by atoms with Gasteiger partial charge in [0.25, 0.3) is 0 Å². The van der Waals surface area contributed by atoms with Crippen LogP contribution in [0.1, 0.15) is 50.3 Å². The molecule has 0 heterocycles. The lowest BCUT2D eigenvalue weighted by Crippen LogP contribution is -2.15. The summed E-state index contributed by atoms with van der Waals surface area (Å²) in [5.41, 5.74) is 15.2. The third kappa shape index (κ3) is 4.95. The van der Waals surface area contributed by atoms with E-state index in [1.54, 1.807) is 0 Å². The molecule has 0 saturated heterocycles. The molecule has 0 atom stereocenters. The van der Waals surface area contributed by atoms with Crippen molar-refractivity contribution in [1.29, 1.82) is 0 Å². The van der Waals surface area contributed by atoms with E-state index in [1.165, 1.54) is 60.8 Å². The van der Waals surface area contributed by atoms with Gasteiger partial charge in [0.05, 0.1) is 0 Å². The number of hydrogen-bond donors (Lipinski definition) is 0. The van der Waals surface area contributed by atoms with Gasteiger partial charge in [-0.2, -0.15) is 0 Å². The summed E-state index contributed by atoms with van der Waals surface area (Å²) >= 11 is 0. The van der Waals surface area contributed by atoms with Gasteiger partial charge in [-0.1, -0.05) is 149 Å². The van der Waals surface area contributed by atoms with Gasteiger partial charge in [-0.05, 0) is 103 Å². The summed E-state index contributed by atoms with van der Waals surface area (Å²) in [6, 6.07) is 58.1. The monoisotopic (exact) mass is 605 g/mol. The normalized spacial score (nSPS) is 13.0. The molecule has 0 aromatic heterocycles. The zero-order valence-corrected chi connectivity index (χ0v) is 27.5. The third-order valence-corrected chi connectivity index (χ3v) is 10.1. The fraction of sp³-hybridized carbons (Fsp3) is 0.130. The van der Waals surface area contributed by atoms with Gasteiger partial charge in [0, 0.05) is 22.5 Å². The Kier molecular flexibility index (Phi) is 7.07. The second-order valence-corrected chi connectivity index (χ2v) is 13.6. The van der Waals surface area contributed by atoms with Gasteiger partial charge in [-0.25, -0.2) is 0 Å². The van der Waals surface area contributed by atoms with Gasteiger partial charge in [-0.3, -0.25) is 0 Å². The molecule has 1 aliphatic rings. The molecule has 0 radical (unpaired) electrons. The molecule has 7 aromatic carbocycles. The molecular formula is C46H39N. The molecule has 7 aromatic rings. The van der Waals surface area contributed by atoms with Crippen LogP contribution in [0.2, 0.25) is 0 Å². The Balaban J connectivity index is 1.28. The van der Waals surface area contributed by atoms with Gasteiger partial charge >= 0.3 is 0 Å². The highest BCUT2D eigenvalue weighted by Crippen LogP contribution is 2.53. The zero-order valence-electron chi connectivity index (χ0n) is 27.5. The van der Waals surface area contributed by atoms with Crippen LogP contribution < -0.4 is 4.90 Å². The Hall–Kier alpha value is -5.40. The number of anilines is 3. The predicted octanol–water partition coefficient (Wildman–Crippen LogP) is 13.1. The van der Waals surface area contributed by atoms with Crippen molar-refractivity contribution in [2.75, 3.05) is 4.90 Å². The maximum Gasteiger partial charge on any atom is 0.0468 e. The van der Waals surface area contributed by atoms with E-state index in [1.807, 2.05) is 0 Å². The summed E-state index contributed by atoms with van der Waals surface area (Å²) in [6.45, 7) is 9.23. The van der Waals surface area contributed by atoms with Crippen molar-refractivity contribution < 1.29 is 0 Å². The topological polar surface area (TPSA) is 3.24 Å². The molecule has 8 rings (SSSR count). The minimum absolute atomic E-state index is 0.0855. The summed E-state index contributed by atoms with van der Waals surface area (Å²) in [6.07, 6.45) is 0. The Bertz CT molecular complexity index is 2220. The highest BCUT2D eigenvalue weighted by atomic mass is 15.1. The third-order valence-electron chi connectivity index (χ3n) is 10.1. The Morgan fingerprint density at radius 3 is 1.81 bits per heavy atom. The summed E-state index contributed by atoms with van der Waals surface area (Å²) in [5, 5.41) is 2.54. The summed E-state index contributed by atoms with van der Waals surface area (Å²) in [4.78, 5) is 2.41. The maximum absolute atomic E-state index is 2.42. The van der Waals surface area contributed by atoms with Crippen LogP contribution in [0, 0.1) is 0 Å². The quantitative estimate of drug-likeness (QED) is 0.182. The molecule has 1 aliphatic carbocycles. The van der Waals surface area contributed by atoms with E-state index in [-0.39, 0.29) is 5.41 Å². The number of benzene rings is 7. The fourth-order valence-electron chi connectivity index (χ4n) is 7.51. The van der Waals surface area contributed by atoms with E-state index in [9.17, 15) is 0 Å². The van der Waals surface area contributed by atoms with Crippen molar-refractivity contribution >= 4 is 27.8 Å². The van der Waals surface area contributed by atoms with Gasteiger partial charge in [0.1, 0.15) is 0 Å². The lowest BCUT2D eigenvalue weighted by Gasteiger charge is -2.27. The van der Waals surface area contributed by atoms with Crippen LogP contribution >= 0.6 is 0 Å². The second-order valence-electron chi connectivity index (χ2n) is 13.6. The average molecular weight is 606 g/mol. The molecule has 1 nitrogen and oxygen atoms in total. The Morgan fingerprint density at radius 1 is 0.468 bits per heavy atom. The van der Waals surface area contributed by atoms with Crippen molar-refractivity contribution in [1.82, 2.24) is 0 Å². The second kappa shape index (κ2) is 11.4. The predicted molar refractivity (Wildman–Crippen MR) is 201 cm³/mol. The fourth-order valence-corrected chi connectivity index (χ4v) is 7.51. The van der Waals surface area contributed by atoms with Crippen molar-refractivity contribution in [2.24, 2.45) is 0 Å². The van der Waals surface area contributed by atoms with E-state index < -0.39 is 0 Å². The van der Waals surface area contributed by atoms with E-state index in [2.05, 4.69) is 190 Å². The van der Waals surface area contributed by atoms with Crippen LogP contribution in [-0.4, -0.2) is 0 Å². The highest BCUT2D eigenvalue weighted by molar-refractivity contribution is 5.97. The number of hydrogen-bond acceptors (Lipinski definition) is 1. The van der Waals surface area contributed by atoms with Gasteiger partial charge in [-0.15, -0.1) is 0 Å². The molecule has 0 saturated carbocycles. The highest BCUT2D eigenvalue weighted by Gasteiger charge is 2.37. The average Bonchev–Trinajstić information content (AvgIpc) is 3.35. The Morgan fingerprint density at radius 2 is 1.06 bits per heavy atom. The van der Waals surface area contributed by atoms with Crippen molar-refractivity contribution in [3.05, 3.63) is 174 Å². The molecule has 0 spiro atoms. The SMILES string of the molecule is CC(C)c1ccc(N(c2ccc(-c3cccc4ccccc34)cc2)c2ccc3c(c2)-c2c(-c4ccccc4)cccc2C3(C)C)cc1. The van der Waals surface area contributed by atoms with Crippen LogP contribution in [-0.2, 0) is 5.41 Å². The van der Waals surface area contributed by atoms with Gasteiger partial charge < -0.3 is 4.90 Å². The lowest BCUT2D eigenvalue weighted by atomic mass is 9.82. The number of rotatable bonds is 6. The van der Waals surface area contributed by atoms with Crippen molar-refractivity contribution in [3.63, 3.8) is 0 Å². The van der Waals surface area contributed by atoms with E-state index >= 15 is 0 Å². The Labute approximate surface area is 278 Å². The van der Waals surface area contributed by atoms with Crippen LogP contribution in [0.3, 0.4) is 0 Å². The van der Waals surface area contributed by atoms with Crippen LogP contribution in [0.15, 0.2) is 158 Å². The molecule has 0 fully saturated rings. The molecular weight excluding hydrogens is 567 g/mol. The summed E-state index contributed by atoms with van der Waals surface area (Å²) < 4.78 is 0. The first-order valence-corrected chi connectivity index (χ1v) is 16.7. The minimum atomic E-state index is -0.0855. The summed E-state index contributed by atoms with van der Waals surface area (Å²) in [7, 11) is 0. The minimum Gasteiger partial charge on any atom is -0.310 e. The smallest absolute Gasteiger partial charge is 0.0468 e. The zero-order chi connectivity index (χ0) is 32.1. The molecule has 0 amide bonds. The van der Waals surface area contributed by atoms with Gasteiger partial charge in [0.15, 0.2) is 0 Å². The lowest BCUT2D eigenvalue weighted by molar-refractivity contribution is 0.660. The molecule has 228 valence electrons. The van der Waals surface area contributed by atoms with Crippen LogP contribution in [0.5, 0.6) is 0 Å². The van der Waals surface area contributed by atoms with Crippen LogP contribution in [0.25, 0.3) is 44.2 Å². The molecule has 0 N–H and O–H groups in total. The summed E-state index contributed by atoms with van der Waals surface area (Å²) in [5.74, 6) is 0.479. The van der Waals surface area contributed by atoms with Crippen LogP contribution in [0.4, 0.5) is 17.1 Å². The van der Waals surface area contributed by atoms with Gasteiger partial charge in [0.2, 0.25) is 0 Å². The van der Waals surface area contributed by atoms with Crippen molar-refractivity contribution in [3.8, 4) is 33.4 Å². The molecule has 0 unspecified atom stereocenters. The number of nitrogens with zero attached hydrogens (tertiary/aromatic N) is 1. The first-order valence-electron chi connectivity index (χ1n) is 16.7. The molecule has 0 aliphatic heterocycles. The first kappa shape index (κ1) is 29.0. The number of fused-ring (bicyclic) bond motifs is 4. The molecule has 0 bridgehead atoms. The van der Waals surface area contributed by atoms with E-state index in [4.69, 9.17) is 0 Å². The van der Waals surface area contributed by atoms with Crippen molar-refractivity contribution in [2.45, 2.75) is 39.0 Å². The maximum atomic E-state index is 2.42. The standard InChI is InChI=1S/C46H39N/c1-31(2)32-20-24-36(25-21-32)47(37-26-22-35(23-27-37)40-17-10-15-33-14-8-9-16-39(33)40)38-28-29-43-42(30-38)45-41(34-12-6-5-7-13-34)18-11-19-44(45)46(43,3)4/h5-31H,1-4H3. The molecule has 1 heteroatoms. The first-order chi connectivity index (χ1) is 22.9.